The molecule has 0 amide bonds. The van der Waals surface area contributed by atoms with Crippen LogP contribution >= 0.6 is 11.8 Å². The van der Waals surface area contributed by atoms with Crippen LogP contribution in [0.15, 0.2) is 4.99 Å². The predicted octanol–water partition coefficient (Wildman–Crippen LogP) is 1.52. The summed E-state index contributed by atoms with van der Waals surface area (Å²) in [4.78, 5) is 4.14. The van der Waals surface area contributed by atoms with Gasteiger partial charge in [0, 0.05) is 12.3 Å². The SMILES string of the molecule is CN=C(C)SC1CCNCC1. The van der Waals surface area contributed by atoms with Crippen molar-refractivity contribution in [2.75, 3.05) is 20.1 Å². The Balaban J connectivity index is 2.24. The molecule has 3 heteroatoms. The molecule has 2 nitrogen and oxygen atoms in total. The molecule has 0 aromatic carbocycles. The first-order chi connectivity index (χ1) is 5.33. The number of hydrogen-bond acceptors (Lipinski definition) is 3. The second kappa shape index (κ2) is 4.78. The second-order valence-electron chi connectivity index (χ2n) is 2.81. The van der Waals surface area contributed by atoms with Gasteiger partial charge in [-0.1, -0.05) is 0 Å². The summed E-state index contributed by atoms with van der Waals surface area (Å²) in [5.74, 6) is 0. The summed E-state index contributed by atoms with van der Waals surface area (Å²) >= 11 is 1.93. The third-order valence-corrected chi connectivity index (χ3v) is 3.27. The molecule has 0 aromatic rings. The maximum absolute atomic E-state index is 4.14. The molecule has 1 saturated heterocycles. The number of nitrogens with one attached hydrogen (secondary N) is 1. The molecule has 0 saturated carbocycles. The average molecular weight is 172 g/mol. The zero-order valence-corrected chi connectivity index (χ0v) is 8.08. The molecule has 0 unspecified atom stereocenters. The van der Waals surface area contributed by atoms with Crippen LogP contribution in [0.2, 0.25) is 0 Å². The van der Waals surface area contributed by atoms with Gasteiger partial charge >= 0.3 is 0 Å². The van der Waals surface area contributed by atoms with Crippen LogP contribution in [0.1, 0.15) is 19.8 Å². The van der Waals surface area contributed by atoms with Crippen LogP contribution in [0.3, 0.4) is 0 Å². The van der Waals surface area contributed by atoms with Crippen molar-refractivity contribution in [3.63, 3.8) is 0 Å². The van der Waals surface area contributed by atoms with Gasteiger partial charge in [-0.05, 0) is 32.9 Å². The highest BCUT2D eigenvalue weighted by atomic mass is 32.2. The first-order valence-corrected chi connectivity index (χ1v) is 5.01. The molecule has 1 fully saturated rings. The third kappa shape index (κ3) is 3.25. The largest absolute Gasteiger partial charge is 0.317 e. The lowest BCUT2D eigenvalue weighted by Gasteiger charge is -2.21. The first-order valence-electron chi connectivity index (χ1n) is 4.13. The second-order valence-corrected chi connectivity index (χ2v) is 4.30. The number of piperidine rings is 1. The minimum absolute atomic E-state index is 0.806. The van der Waals surface area contributed by atoms with Crippen LogP contribution in [0.25, 0.3) is 0 Å². The van der Waals surface area contributed by atoms with E-state index in [1.807, 2.05) is 18.8 Å². The van der Waals surface area contributed by atoms with E-state index >= 15 is 0 Å². The van der Waals surface area contributed by atoms with E-state index in [1.165, 1.54) is 31.0 Å². The van der Waals surface area contributed by atoms with Crippen molar-refractivity contribution in [2.24, 2.45) is 4.99 Å². The summed E-state index contributed by atoms with van der Waals surface area (Å²) in [6, 6.07) is 0. The highest BCUT2D eigenvalue weighted by molar-refractivity contribution is 8.14. The molecule has 0 aromatic heterocycles. The van der Waals surface area contributed by atoms with Gasteiger partial charge in [-0.2, -0.15) is 0 Å². The summed E-state index contributed by atoms with van der Waals surface area (Å²) in [6.07, 6.45) is 2.58. The first kappa shape index (κ1) is 9.07. The summed E-state index contributed by atoms with van der Waals surface area (Å²) in [6.45, 7) is 4.44. The van der Waals surface area contributed by atoms with Crippen molar-refractivity contribution < 1.29 is 0 Å². The predicted molar refractivity (Wildman–Crippen MR) is 52.5 cm³/mol. The lowest BCUT2D eigenvalue weighted by Crippen LogP contribution is -2.29. The highest BCUT2D eigenvalue weighted by Crippen LogP contribution is 2.20. The quantitative estimate of drug-likeness (QED) is 0.479. The molecule has 0 spiro atoms. The average Bonchev–Trinajstić information content (AvgIpc) is 2.06. The summed E-state index contributed by atoms with van der Waals surface area (Å²) < 4.78 is 0. The molecule has 11 heavy (non-hydrogen) atoms. The number of nitrogens with zero attached hydrogens (tertiary/aromatic N) is 1. The van der Waals surface area contributed by atoms with E-state index in [9.17, 15) is 0 Å². The van der Waals surface area contributed by atoms with Crippen molar-refractivity contribution >= 4 is 16.8 Å². The normalized spacial score (nSPS) is 22.2. The fourth-order valence-electron chi connectivity index (χ4n) is 1.21. The van der Waals surface area contributed by atoms with E-state index in [1.54, 1.807) is 0 Å². The van der Waals surface area contributed by atoms with E-state index in [0.717, 1.165) is 5.25 Å². The molecule has 0 aliphatic carbocycles. The molecular weight excluding hydrogens is 156 g/mol. The van der Waals surface area contributed by atoms with E-state index in [2.05, 4.69) is 17.2 Å². The van der Waals surface area contributed by atoms with Gasteiger partial charge in [0.1, 0.15) is 0 Å². The summed E-state index contributed by atoms with van der Waals surface area (Å²) in [5, 5.41) is 5.38. The number of hydrogen-bond donors (Lipinski definition) is 1. The fraction of sp³-hybridized carbons (Fsp3) is 0.875. The molecule has 1 aliphatic heterocycles. The lowest BCUT2D eigenvalue weighted by molar-refractivity contribution is 0.533. The number of aliphatic imine (C=N–C) groups is 1. The van der Waals surface area contributed by atoms with Gasteiger partial charge in [0.25, 0.3) is 0 Å². The minimum atomic E-state index is 0.806. The molecule has 64 valence electrons. The van der Waals surface area contributed by atoms with Crippen molar-refractivity contribution in [3.8, 4) is 0 Å². The van der Waals surface area contributed by atoms with Crippen LogP contribution in [-0.4, -0.2) is 30.4 Å². The Kier molecular flexibility index (Phi) is 3.94. The zero-order valence-electron chi connectivity index (χ0n) is 7.26. The Bertz CT molecular complexity index is 139. The minimum Gasteiger partial charge on any atom is -0.317 e. The van der Waals surface area contributed by atoms with E-state index in [-0.39, 0.29) is 0 Å². The van der Waals surface area contributed by atoms with Crippen LogP contribution in [0, 0.1) is 0 Å². The van der Waals surface area contributed by atoms with Crippen molar-refractivity contribution in [2.45, 2.75) is 25.0 Å². The summed E-state index contributed by atoms with van der Waals surface area (Å²) in [7, 11) is 1.86. The van der Waals surface area contributed by atoms with Gasteiger partial charge in [-0.25, -0.2) is 0 Å². The van der Waals surface area contributed by atoms with Crippen LogP contribution in [-0.2, 0) is 0 Å². The van der Waals surface area contributed by atoms with Crippen LogP contribution in [0.4, 0.5) is 0 Å². The smallest absolute Gasteiger partial charge is 0.0644 e. The van der Waals surface area contributed by atoms with Gasteiger partial charge in [0.05, 0.1) is 5.04 Å². The van der Waals surface area contributed by atoms with Crippen molar-refractivity contribution in [3.05, 3.63) is 0 Å². The Hall–Kier alpha value is -0.0200. The van der Waals surface area contributed by atoms with Crippen LogP contribution < -0.4 is 5.32 Å². The molecule has 1 aliphatic rings. The van der Waals surface area contributed by atoms with Crippen LogP contribution in [0.5, 0.6) is 0 Å². The molecular formula is C8H16N2S. The summed E-state index contributed by atoms with van der Waals surface area (Å²) in [5.41, 5.74) is 0. The van der Waals surface area contributed by atoms with E-state index < -0.39 is 0 Å². The van der Waals surface area contributed by atoms with Gasteiger partial charge < -0.3 is 5.32 Å². The molecule has 1 N–H and O–H groups in total. The van der Waals surface area contributed by atoms with Gasteiger partial charge in [-0.15, -0.1) is 11.8 Å². The molecule has 0 atom stereocenters. The lowest BCUT2D eigenvalue weighted by atomic mass is 10.2. The van der Waals surface area contributed by atoms with Gasteiger partial charge in [0.15, 0.2) is 0 Å². The monoisotopic (exact) mass is 172 g/mol. The van der Waals surface area contributed by atoms with Crippen molar-refractivity contribution in [1.82, 2.24) is 5.32 Å². The maximum atomic E-state index is 4.14. The highest BCUT2D eigenvalue weighted by Gasteiger charge is 2.13. The number of rotatable bonds is 1. The van der Waals surface area contributed by atoms with Gasteiger partial charge in [-0.3, -0.25) is 4.99 Å². The maximum Gasteiger partial charge on any atom is 0.0644 e. The Morgan fingerprint density at radius 1 is 1.45 bits per heavy atom. The third-order valence-electron chi connectivity index (χ3n) is 1.94. The Labute approximate surface area is 72.9 Å². The number of thioether (sulfide) groups is 1. The Morgan fingerprint density at radius 3 is 2.64 bits per heavy atom. The zero-order chi connectivity index (χ0) is 8.10. The Morgan fingerprint density at radius 2 is 2.09 bits per heavy atom. The van der Waals surface area contributed by atoms with Gasteiger partial charge in [0.2, 0.25) is 0 Å². The molecule has 0 radical (unpaired) electrons. The van der Waals surface area contributed by atoms with Crippen molar-refractivity contribution in [1.29, 1.82) is 0 Å². The fourth-order valence-corrected chi connectivity index (χ4v) is 2.27. The molecule has 1 rings (SSSR count). The topological polar surface area (TPSA) is 24.4 Å². The van der Waals surface area contributed by atoms with E-state index in [4.69, 9.17) is 0 Å². The standard InChI is InChI=1S/C8H16N2S/c1-7(9-2)11-8-3-5-10-6-4-8/h8,10H,3-6H2,1-2H3. The van der Waals surface area contributed by atoms with E-state index in [0.29, 0.717) is 0 Å². The molecule has 0 bridgehead atoms. The molecule has 1 heterocycles.